The number of aliphatic hydroxyl groups is 5. The van der Waals surface area contributed by atoms with Crippen LogP contribution in [-0.2, 0) is 20.8 Å². The maximum Gasteiger partial charge on any atom is 0.253 e. The molecule has 29 heavy (non-hydrogen) atoms. The third kappa shape index (κ3) is 4.81. The Morgan fingerprint density at radius 3 is 2.76 bits per heavy atom. The van der Waals surface area contributed by atoms with Crippen molar-refractivity contribution in [3.63, 3.8) is 0 Å². The van der Waals surface area contributed by atoms with Crippen molar-refractivity contribution in [2.75, 3.05) is 6.61 Å². The monoisotopic (exact) mass is 408 g/mol. The molecule has 2 heterocycles. The molecule has 6 N–H and O–H groups in total. The molecule has 1 aliphatic carbocycles. The smallest absolute Gasteiger partial charge is 0.253 e. The summed E-state index contributed by atoms with van der Waals surface area (Å²) in [4.78, 5) is 16.6. The molecule has 1 aromatic heterocycles. The molecule has 0 aromatic carbocycles. The van der Waals surface area contributed by atoms with Gasteiger partial charge in [0, 0.05) is 25.4 Å². The zero-order valence-corrected chi connectivity index (χ0v) is 15.5. The molecule has 0 saturated carbocycles. The molecule has 0 spiro atoms. The molecule has 0 radical (unpaired) electrons. The average molecular weight is 408 g/mol. The second-order valence-electron chi connectivity index (χ2n) is 6.79. The van der Waals surface area contributed by atoms with E-state index in [1.54, 1.807) is 30.6 Å². The van der Waals surface area contributed by atoms with Gasteiger partial charge in [0.05, 0.1) is 12.2 Å². The van der Waals surface area contributed by atoms with Crippen molar-refractivity contribution >= 4 is 5.91 Å². The van der Waals surface area contributed by atoms with Crippen molar-refractivity contribution in [2.45, 2.75) is 49.8 Å². The SMILES string of the molecule is O=C(NCc1cccnc1)C1=C(O)CC=CC1O[C@@H]1O[C@H](CO)[C@@H](O)[C@H](O)[C@H]1O. The zero-order chi connectivity index (χ0) is 21.0. The summed E-state index contributed by atoms with van der Waals surface area (Å²) >= 11 is 0. The van der Waals surface area contributed by atoms with Gasteiger partial charge in [-0.25, -0.2) is 0 Å². The lowest BCUT2D eigenvalue weighted by atomic mass is 9.97. The van der Waals surface area contributed by atoms with Gasteiger partial charge in [-0.2, -0.15) is 0 Å². The maximum absolute atomic E-state index is 12.7. The van der Waals surface area contributed by atoms with Crippen molar-refractivity contribution in [1.82, 2.24) is 10.3 Å². The molecule has 10 heteroatoms. The van der Waals surface area contributed by atoms with Gasteiger partial charge in [0.1, 0.15) is 36.3 Å². The van der Waals surface area contributed by atoms with Gasteiger partial charge in [-0.1, -0.05) is 18.2 Å². The first kappa shape index (κ1) is 21.4. The Labute approximate surface area is 166 Å². The minimum absolute atomic E-state index is 0.0617. The van der Waals surface area contributed by atoms with E-state index in [-0.39, 0.29) is 24.3 Å². The number of aromatic nitrogens is 1. The first-order valence-electron chi connectivity index (χ1n) is 9.14. The summed E-state index contributed by atoms with van der Waals surface area (Å²) in [6, 6.07) is 3.51. The van der Waals surface area contributed by atoms with Crippen molar-refractivity contribution in [1.29, 1.82) is 0 Å². The first-order chi connectivity index (χ1) is 13.9. The third-order valence-electron chi connectivity index (χ3n) is 4.77. The minimum atomic E-state index is -1.62. The molecule has 1 unspecified atom stereocenters. The van der Waals surface area contributed by atoms with Gasteiger partial charge >= 0.3 is 0 Å². The number of nitrogens with zero attached hydrogens (tertiary/aromatic N) is 1. The maximum atomic E-state index is 12.7. The van der Waals surface area contributed by atoms with Gasteiger partial charge in [0.2, 0.25) is 0 Å². The van der Waals surface area contributed by atoms with Crippen LogP contribution in [0.25, 0.3) is 0 Å². The lowest BCUT2D eigenvalue weighted by Crippen LogP contribution is -2.59. The molecule has 10 nitrogen and oxygen atoms in total. The molecule has 1 aliphatic heterocycles. The lowest BCUT2D eigenvalue weighted by Gasteiger charge is -2.40. The standard InChI is InChI=1S/C19H24N2O8/c22-9-13-15(24)16(25)17(26)19(29-13)28-12-5-1-4-11(23)14(12)18(27)21-8-10-3-2-6-20-7-10/h1-3,5-7,12-13,15-17,19,22-26H,4,8-9H2,(H,21,27)/t12?,13-,15-,16+,17-,19-/m1/s1. The van der Waals surface area contributed by atoms with E-state index in [0.717, 1.165) is 5.56 Å². The van der Waals surface area contributed by atoms with Crippen LogP contribution in [0.15, 0.2) is 48.0 Å². The van der Waals surface area contributed by atoms with Gasteiger partial charge in [-0.05, 0) is 11.6 Å². The Kier molecular flexibility index (Phi) is 6.96. The number of pyridine rings is 1. The molecule has 1 aromatic rings. The number of amides is 1. The summed E-state index contributed by atoms with van der Waals surface area (Å²) in [6.45, 7) is -0.426. The Bertz CT molecular complexity index is 767. The largest absolute Gasteiger partial charge is 0.511 e. The van der Waals surface area contributed by atoms with Crippen molar-refractivity contribution in [2.24, 2.45) is 0 Å². The number of carbonyl (C=O) groups is 1. The highest BCUT2D eigenvalue weighted by molar-refractivity contribution is 5.95. The number of ether oxygens (including phenoxy) is 2. The van der Waals surface area contributed by atoms with Crippen LogP contribution in [0.4, 0.5) is 0 Å². The normalized spacial score (nSPS) is 32.3. The zero-order valence-electron chi connectivity index (χ0n) is 15.5. The molecule has 1 amide bonds. The van der Waals surface area contributed by atoms with E-state index >= 15 is 0 Å². The molecular formula is C19H24N2O8. The minimum Gasteiger partial charge on any atom is -0.511 e. The second kappa shape index (κ2) is 9.44. The molecule has 6 atom stereocenters. The fourth-order valence-electron chi connectivity index (χ4n) is 3.15. The Balaban J connectivity index is 1.71. The van der Waals surface area contributed by atoms with E-state index < -0.39 is 49.3 Å². The van der Waals surface area contributed by atoms with Gasteiger partial charge < -0.3 is 40.3 Å². The van der Waals surface area contributed by atoms with Crippen LogP contribution in [0.3, 0.4) is 0 Å². The van der Waals surface area contributed by atoms with Crippen molar-refractivity contribution in [3.05, 3.63) is 53.6 Å². The summed E-state index contributed by atoms with van der Waals surface area (Å²) in [5.41, 5.74) is 0.701. The fraction of sp³-hybridized carbons (Fsp3) is 0.474. The predicted octanol–water partition coefficient (Wildman–Crippen LogP) is -1.35. The summed E-state index contributed by atoms with van der Waals surface area (Å²) in [5, 5.41) is 52.1. The molecule has 1 fully saturated rings. The number of allylic oxidation sites excluding steroid dienone is 1. The molecular weight excluding hydrogens is 384 g/mol. The van der Waals surface area contributed by atoms with E-state index in [4.69, 9.17) is 9.47 Å². The highest BCUT2D eigenvalue weighted by atomic mass is 16.7. The number of hydrogen-bond donors (Lipinski definition) is 6. The Hall–Kier alpha value is -2.34. The van der Waals surface area contributed by atoms with Crippen molar-refractivity contribution in [3.8, 4) is 0 Å². The van der Waals surface area contributed by atoms with Crippen LogP contribution in [0.1, 0.15) is 12.0 Å². The highest BCUT2D eigenvalue weighted by Gasteiger charge is 2.45. The van der Waals surface area contributed by atoms with Gasteiger partial charge in [0.25, 0.3) is 5.91 Å². The summed E-state index contributed by atoms with van der Waals surface area (Å²) in [7, 11) is 0. The second-order valence-corrected chi connectivity index (χ2v) is 6.79. The van der Waals surface area contributed by atoms with Crippen LogP contribution >= 0.6 is 0 Å². The van der Waals surface area contributed by atoms with Crippen LogP contribution in [0, 0.1) is 0 Å². The van der Waals surface area contributed by atoms with Crippen LogP contribution in [0.2, 0.25) is 0 Å². The fourth-order valence-corrected chi connectivity index (χ4v) is 3.15. The third-order valence-corrected chi connectivity index (χ3v) is 4.77. The quantitative estimate of drug-likeness (QED) is 0.313. The molecule has 1 saturated heterocycles. The predicted molar refractivity (Wildman–Crippen MR) is 98.1 cm³/mol. The number of aliphatic hydroxyl groups excluding tert-OH is 5. The molecule has 0 bridgehead atoms. The lowest BCUT2D eigenvalue weighted by molar-refractivity contribution is -0.305. The molecule has 3 rings (SSSR count). The number of nitrogens with one attached hydrogen (secondary N) is 1. The topological polar surface area (TPSA) is 162 Å². The van der Waals surface area contributed by atoms with Crippen molar-refractivity contribution < 1.29 is 39.8 Å². The number of carbonyl (C=O) groups excluding carboxylic acids is 1. The van der Waals surface area contributed by atoms with Crippen LogP contribution in [-0.4, -0.2) is 79.8 Å². The Morgan fingerprint density at radius 2 is 2.07 bits per heavy atom. The average Bonchev–Trinajstić information content (AvgIpc) is 2.73. The van der Waals surface area contributed by atoms with E-state index in [2.05, 4.69) is 10.3 Å². The van der Waals surface area contributed by atoms with Crippen LogP contribution < -0.4 is 5.32 Å². The van der Waals surface area contributed by atoms with Crippen LogP contribution in [0.5, 0.6) is 0 Å². The Morgan fingerprint density at radius 1 is 1.28 bits per heavy atom. The molecule has 2 aliphatic rings. The highest BCUT2D eigenvalue weighted by Crippen LogP contribution is 2.27. The van der Waals surface area contributed by atoms with E-state index in [0.29, 0.717) is 0 Å². The number of hydrogen-bond acceptors (Lipinski definition) is 9. The van der Waals surface area contributed by atoms with E-state index in [9.17, 15) is 30.3 Å². The molecule has 158 valence electrons. The summed E-state index contributed by atoms with van der Waals surface area (Å²) in [6.07, 6.45) is -1.98. The van der Waals surface area contributed by atoms with Gasteiger partial charge in [0.15, 0.2) is 6.29 Å². The summed E-state index contributed by atoms with van der Waals surface area (Å²) < 4.78 is 10.9. The van der Waals surface area contributed by atoms with Gasteiger partial charge in [-0.3, -0.25) is 9.78 Å². The summed E-state index contributed by atoms with van der Waals surface area (Å²) in [5.74, 6) is -0.781. The van der Waals surface area contributed by atoms with E-state index in [1.165, 1.54) is 6.08 Å². The first-order valence-corrected chi connectivity index (χ1v) is 9.14. The van der Waals surface area contributed by atoms with Gasteiger partial charge in [-0.15, -0.1) is 0 Å². The number of rotatable bonds is 6. The van der Waals surface area contributed by atoms with E-state index in [1.807, 2.05) is 0 Å².